The molecule has 0 spiro atoms. The minimum Gasteiger partial charge on any atom is -0.355 e. The minimum absolute atomic E-state index is 0.311. The van der Waals surface area contributed by atoms with Crippen LogP contribution in [0.4, 0.5) is 5.69 Å². The van der Waals surface area contributed by atoms with Gasteiger partial charge >= 0.3 is 0 Å². The predicted molar refractivity (Wildman–Crippen MR) is 108 cm³/mol. The molecule has 1 aromatic carbocycles. The van der Waals surface area contributed by atoms with Crippen molar-refractivity contribution < 1.29 is 0 Å². The van der Waals surface area contributed by atoms with Crippen molar-refractivity contribution >= 4 is 33.2 Å². The zero-order chi connectivity index (χ0) is 16.9. The fourth-order valence-electron chi connectivity index (χ4n) is 3.92. The van der Waals surface area contributed by atoms with Crippen molar-refractivity contribution in [3.05, 3.63) is 28.3 Å². The summed E-state index contributed by atoms with van der Waals surface area (Å²) in [6, 6.07) is 4.23. The van der Waals surface area contributed by atoms with Gasteiger partial charge < -0.3 is 15.1 Å². The largest absolute Gasteiger partial charge is 0.355 e. The molecule has 1 atom stereocenters. The van der Waals surface area contributed by atoms with Crippen molar-refractivity contribution in [2.75, 3.05) is 44.2 Å². The fourth-order valence-corrected chi connectivity index (χ4v) is 4.84. The normalized spacial score (nSPS) is 22.8. The van der Waals surface area contributed by atoms with Gasteiger partial charge in [0.1, 0.15) is 0 Å². The summed E-state index contributed by atoms with van der Waals surface area (Å²) in [5, 5.41) is 4.32. The van der Waals surface area contributed by atoms with Crippen LogP contribution in [0.15, 0.2) is 12.1 Å². The molecule has 0 radical (unpaired) electrons. The second-order valence-electron chi connectivity index (χ2n) is 7.03. The number of alkyl halides is 1. The number of nitrogens with zero attached hydrogens (tertiary/aromatic N) is 2. The number of piperidine rings is 1. The van der Waals surface area contributed by atoms with E-state index < -0.39 is 0 Å². The Morgan fingerprint density at radius 3 is 2.75 bits per heavy atom. The maximum atomic E-state index is 6.63. The van der Waals surface area contributed by atoms with E-state index in [0.717, 1.165) is 31.1 Å². The number of piperazine rings is 1. The lowest BCUT2D eigenvalue weighted by molar-refractivity contribution is 0.226. The molecule has 1 N–H and O–H groups in total. The Labute approximate surface area is 159 Å². The molecule has 1 unspecified atom stereocenters. The molecule has 2 fully saturated rings. The number of benzene rings is 1. The van der Waals surface area contributed by atoms with Crippen molar-refractivity contribution in [1.82, 2.24) is 10.2 Å². The van der Waals surface area contributed by atoms with Crippen molar-refractivity contribution in [3.63, 3.8) is 0 Å². The summed E-state index contributed by atoms with van der Waals surface area (Å²) in [5.41, 5.74) is 4.05. The Morgan fingerprint density at radius 2 is 2.00 bits per heavy atom. The van der Waals surface area contributed by atoms with Gasteiger partial charge in [-0.15, -0.1) is 0 Å². The van der Waals surface area contributed by atoms with Gasteiger partial charge in [-0.05, 0) is 69.4 Å². The van der Waals surface area contributed by atoms with Crippen LogP contribution in [-0.4, -0.2) is 49.1 Å². The molecule has 2 saturated heterocycles. The highest BCUT2D eigenvalue weighted by molar-refractivity contribution is 9.09. The quantitative estimate of drug-likeness (QED) is 0.575. The average Bonchev–Trinajstić information content (AvgIpc) is 2.60. The maximum Gasteiger partial charge on any atom is 0.0970 e. The Hall–Kier alpha value is -0.290. The van der Waals surface area contributed by atoms with E-state index in [4.69, 9.17) is 11.6 Å². The monoisotopic (exact) mass is 413 g/mol. The Bertz CT molecular complexity index is 546. The lowest BCUT2D eigenvalue weighted by Crippen LogP contribution is -2.49. The zero-order valence-electron chi connectivity index (χ0n) is 14.7. The number of halogens is 2. The van der Waals surface area contributed by atoms with E-state index >= 15 is 0 Å². The van der Waals surface area contributed by atoms with Crippen LogP contribution in [0.5, 0.6) is 0 Å². The fraction of sp³-hybridized carbons (Fsp3) is 0.684. The minimum atomic E-state index is 0.311. The molecule has 2 aliphatic heterocycles. The van der Waals surface area contributed by atoms with Gasteiger partial charge in [-0.3, -0.25) is 0 Å². The van der Waals surface area contributed by atoms with Crippen LogP contribution in [0.3, 0.4) is 0 Å². The molecular formula is C19H29BrClN3. The third kappa shape index (κ3) is 4.46. The Balaban J connectivity index is 1.72. The van der Waals surface area contributed by atoms with E-state index in [2.05, 4.69) is 50.1 Å². The first-order valence-electron chi connectivity index (χ1n) is 9.28. The molecule has 2 aliphatic rings. The molecular weight excluding hydrogens is 386 g/mol. The smallest absolute Gasteiger partial charge is 0.0970 e. The molecule has 24 heavy (non-hydrogen) atoms. The van der Waals surface area contributed by atoms with E-state index in [9.17, 15) is 0 Å². The van der Waals surface area contributed by atoms with Gasteiger partial charge in [0.25, 0.3) is 0 Å². The first kappa shape index (κ1) is 18.5. The maximum absolute atomic E-state index is 6.63. The topological polar surface area (TPSA) is 18.5 Å². The first-order chi connectivity index (χ1) is 11.7. The number of likely N-dealkylation sites (tertiary alicyclic amines) is 1. The first-order valence-corrected chi connectivity index (χ1v) is 10.6. The van der Waals surface area contributed by atoms with Gasteiger partial charge in [-0.1, -0.05) is 40.0 Å². The van der Waals surface area contributed by atoms with Gasteiger partial charge in [-0.25, -0.2) is 0 Å². The molecule has 0 amide bonds. The number of hydrogen-bond donors (Lipinski definition) is 1. The number of aryl methyl sites for hydroxylation is 1. The molecule has 0 saturated carbocycles. The predicted octanol–water partition coefficient (Wildman–Crippen LogP) is 4.20. The number of hydrogen-bond acceptors (Lipinski definition) is 3. The summed E-state index contributed by atoms with van der Waals surface area (Å²) in [7, 11) is 0. The van der Waals surface area contributed by atoms with Crippen LogP contribution in [0.2, 0.25) is 5.02 Å². The summed E-state index contributed by atoms with van der Waals surface area (Å²) in [6.45, 7) is 8.97. The highest BCUT2D eigenvalue weighted by Crippen LogP contribution is 2.36. The third-order valence-corrected chi connectivity index (χ3v) is 6.41. The third-order valence-electron chi connectivity index (χ3n) is 5.29. The van der Waals surface area contributed by atoms with E-state index in [0.29, 0.717) is 4.95 Å². The average molecular weight is 415 g/mol. The van der Waals surface area contributed by atoms with Crippen LogP contribution in [0.1, 0.15) is 36.8 Å². The van der Waals surface area contributed by atoms with E-state index in [1.165, 1.54) is 62.1 Å². The lowest BCUT2D eigenvalue weighted by atomic mass is 9.99. The van der Waals surface area contributed by atoms with Crippen LogP contribution in [-0.2, 0) is 6.42 Å². The molecule has 1 aromatic rings. The summed E-state index contributed by atoms with van der Waals surface area (Å²) >= 11 is 10.4. The SMILES string of the molecule is Cc1ccc(Cl)c(N2CCNCC2Br)c1CCCN1CCCCC1. The standard InChI is InChI=1S/C19H29BrClN3/c1-15-7-8-17(21)19(24-13-9-22-14-18(24)20)16(15)6-5-12-23-10-3-2-4-11-23/h7-8,18,22H,2-6,9-14H2,1H3. The zero-order valence-corrected chi connectivity index (χ0v) is 17.0. The van der Waals surface area contributed by atoms with Crippen molar-refractivity contribution in [2.24, 2.45) is 0 Å². The van der Waals surface area contributed by atoms with Gasteiger partial charge in [0.15, 0.2) is 0 Å². The van der Waals surface area contributed by atoms with Crippen LogP contribution in [0, 0.1) is 6.92 Å². The highest BCUT2D eigenvalue weighted by Gasteiger charge is 2.25. The van der Waals surface area contributed by atoms with Crippen molar-refractivity contribution in [1.29, 1.82) is 0 Å². The molecule has 5 heteroatoms. The Kier molecular flexibility index (Phi) is 6.85. The van der Waals surface area contributed by atoms with E-state index in [1.807, 2.05) is 0 Å². The summed E-state index contributed by atoms with van der Waals surface area (Å²) in [6.07, 6.45) is 6.47. The summed E-state index contributed by atoms with van der Waals surface area (Å²) in [5.74, 6) is 0. The molecule has 2 heterocycles. The van der Waals surface area contributed by atoms with E-state index in [1.54, 1.807) is 0 Å². The molecule has 134 valence electrons. The number of rotatable bonds is 5. The molecule has 0 aromatic heterocycles. The van der Waals surface area contributed by atoms with Crippen LogP contribution >= 0.6 is 27.5 Å². The highest BCUT2D eigenvalue weighted by atomic mass is 79.9. The van der Waals surface area contributed by atoms with Crippen LogP contribution < -0.4 is 10.2 Å². The summed E-state index contributed by atoms with van der Waals surface area (Å²) < 4.78 is 0. The molecule has 0 bridgehead atoms. The van der Waals surface area contributed by atoms with Gasteiger partial charge in [0, 0.05) is 19.6 Å². The number of anilines is 1. The van der Waals surface area contributed by atoms with E-state index in [-0.39, 0.29) is 0 Å². The van der Waals surface area contributed by atoms with Crippen LogP contribution in [0.25, 0.3) is 0 Å². The lowest BCUT2D eigenvalue weighted by Gasteiger charge is -2.37. The van der Waals surface area contributed by atoms with Gasteiger partial charge in [-0.2, -0.15) is 0 Å². The van der Waals surface area contributed by atoms with Gasteiger partial charge in [0.2, 0.25) is 0 Å². The molecule has 3 nitrogen and oxygen atoms in total. The second kappa shape index (κ2) is 8.88. The van der Waals surface area contributed by atoms with Crippen molar-refractivity contribution in [3.8, 4) is 0 Å². The van der Waals surface area contributed by atoms with Crippen molar-refractivity contribution in [2.45, 2.75) is 44.0 Å². The molecule has 3 rings (SSSR count). The molecule has 0 aliphatic carbocycles. The summed E-state index contributed by atoms with van der Waals surface area (Å²) in [4.78, 5) is 5.37. The number of nitrogens with one attached hydrogen (secondary N) is 1. The Morgan fingerprint density at radius 1 is 1.21 bits per heavy atom. The van der Waals surface area contributed by atoms with Gasteiger partial charge in [0.05, 0.1) is 15.7 Å². The second-order valence-corrected chi connectivity index (χ2v) is 8.49.